The van der Waals surface area contributed by atoms with Crippen LogP contribution in [0.3, 0.4) is 0 Å². The van der Waals surface area contributed by atoms with Crippen LogP contribution in [-0.2, 0) is 9.47 Å². The van der Waals surface area contributed by atoms with Crippen LogP contribution < -0.4 is 0 Å². The Hall–Kier alpha value is -0.340. The summed E-state index contributed by atoms with van der Waals surface area (Å²) in [5.41, 5.74) is -0.291. The molecule has 6 nitrogen and oxygen atoms in total. The van der Waals surface area contributed by atoms with E-state index in [0.717, 1.165) is 0 Å². The third-order valence-corrected chi connectivity index (χ3v) is 3.18. The molecule has 94 valence electrons. The van der Waals surface area contributed by atoms with E-state index in [1.807, 2.05) is 0 Å². The van der Waals surface area contributed by atoms with Crippen molar-refractivity contribution in [1.29, 1.82) is 0 Å². The minimum Gasteiger partial charge on any atom is -0.476 e. The Kier molecular flexibility index (Phi) is 5.50. The zero-order valence-corrected chi connectivity index (χ0v) is 10.1. The van der Waals surface area contributed by atoms with Crippen molar-refractivity contribution in [2.24, 2.45) is 4.99 Å². The molecule has 1 unspecified atom stereocenters. The van der Waals surface area contributed by atoms with E-state index in [0.29, 0.717) is 11.8 Å². The number of aliphatic hydroxyl groups is 3. The SMILES string of the molecule is COC1=NCC(O[C@H](CO)[C@@H](O)[C@@H](C)O)S1. The molecular formula is C9H17NO5S. The van der Waals surface area contributed by atoms with Crippen molar-refractivity contribution < 1.29 is 24.8 Å². The van der Waals surface area contributed by atoms with Gasteiger partial charge in [0.15, 0.2) is 0 Å². The van der Waals surface area contributed by atoms with Gasteiger partial charge in [-0.2, -0.15) is 0 Å². The van der Waals surface area contributed by atoms with Gasteiger partial charge >= 0.3 is 0 Å². The lowest BCUT2D eigenvalue weighted by Gasteiger charge is -2.25. The second-order valence-corrected chi connectivity index (χ2v) is 4.56. The van der Waals surface area contributed by atoms with Gasteiger partial charge in [0.25, 0.3) is 0 Å². The molecule has 1 heterocycles. The van der Waals surface area contributed by atoms with E-state index in [9.17, 15) is 10.2 Å². The molecule has 0 saturated heterocycles. The number of rotatable bonds is 5. The standard InChI is InChI=1S/C9H17NO5S/c1-5(12)8(13)6(4-11)15-7-3-10-9(14-2)16-7/h5-8,11-13H,3-4H2,1-2H3/t5-,6-,7?,8+/m1/s1. The summed E-state index contributed by atoms with van der Waals surface area (Å²) in [4.78, 5) is 4.03. The molecule has 4 atom stereocenters. The monoisotopic (exact) mass is 251 g/mol. The first-order valence-corrected chi connectivity index (χ1v) is 5.84. The van der Waals surface area contributed by atoms with Crippen molar-refractivity contribution in [1.82, 2.24) is 0 Å². The van der Waals surface area contributed by atoms with Crippen molar-refractivity contribution in [3.63, 3.8) is 0 Å². The van der Waals surface area contributed by atoms with Gasteiger partial charge in [-0.3, -0.25) is 0 Å². The number of hydrogen-bond acceptors (Lipinski definition) is 7. The third kappa shape index (κ3) is 3.60. The van der Waals surface area contributed by atoms with Crippen molar-refractivity contribution in [2.75, 3.05) is 20.3 Å². The van der Waals surface area contributed by atoms with E-state index in [1.54, 1.807) is 0 Å². The zero-order valence-electron chi connectivity index (χ0n) is 9.24. The molecule has 0 aromatic heterocycles. The van der Waals surface area contributed by atoms with Gasteiger partial charge in [0.2, 0.25) is 5.23 Å². The molecule has 0 aliphatic carbocycles. The van der Waals surface area contributed by atoms with Crippen LogP contribution >= 0.6 is 11.8 Å². The molecule has 0 spiro atoms. The molecular weight excluding hydrogens is 234 g/mol. The molecule has 1 rings (SSSR count). The van der Waals surface area contributed by atoms with E-state index >= 15 is 0 Å². The van der Waals surface area contributed by atoms with Gasteiger partial charge in [0.1, 0.15) is 17.6 Å². The maximum absolute atomic E-state index is 9.56. The summed E-state index contributed by atoms with van der Waals surface area (Å²) < 4.78 is 10.3. The number of methoxy groups -OCH3 is 1. The second-order valence-electron chi connectivity index (χ2n) is 3.45. The Morgan fingerprint density at radius 2 is 2.25 bits per heavy atom. The fraction of sp³-hybridized carbons (Fsp3) is 0.889. The van der Waals surface area contributed by atoms with Crippen LogP contribution in [0.4, 0.5) is 0 Å². The molecule has 0 amide bonds. The highest BCUT2D eigenvalue weighted by molar-refractivity contribution is 8.14. The largest absolute Gasteiger partial charge is 0.476 e. The predicted octanol–water partition coefficient (Wildman–Crippen LogP) is -0.819. The van der Waals surface area contributed by atoms with E-state index < -0.39 is 18.3 Å². The lowest BCUT2D eigenvalue weighted by molar-refractivity contribution is -0.107. The van der Waals surface area contributed by atoms with Crippen LogP contribution in [0, 0.1) is 0 Å². The predicted molar refractivity (Wildman–Crippen MR) is 60.3 cm³/mol. The first kappa shape index (κ1) is 13.7. The van der Waals surface area contributed by atoms with E-state index in [2.05, 4.69) is 4.99 Å². The molecule has 0 fully saturated rings. The molecule has 16 heavy (non-hydrogen) atoms. The molecule has 0 aromatic carbocycles. The van der Waals surface area contributed by atoms with Crippen molar-refractivity contribution in [2.45, 2.75) is 30.7 Å². The van der Waals surface area contributed by atoms with E-state index in [1.165, 1.54) is 25.8 Å². The van der Waals surface area contributed by atoms with Gasteiger partial charge in [-0.25, -0.2) is 4.99 Å². The summed E-state index contributed by atoms with van der Waals surface area (Å²) >= 11 is 1.29. The summed E-state index contributed by atoms with van der Waals surface area (Å²) in [5.74, 6) is 0. The normalized spacial score (nSPS) is 26.1. The number of hydrogen-bond donors (Lipinski definition) is 3. The Labute approximate surface area is 98.3 Å². The molecule has 1 aliphatic heterocycles. The highest BCUT2D eigenvalue weighted by Gasteiger charge is 2.30. The van der Waals surface area contributed by atoms with Crippen molar-refractivity contribution >= 4 is 17.0 Å². The van der Waals surface area contributed by atoms with Crippen LogP contribution in [0.5, 0.6) is 0 Å². The van der Waals surface area contributed by atoms with Crippen molar-refractivity contribution in [3.8, 4) is 0 Å². The van der Waals surface area contributed by atoms with Gasteiger partial charge in [0, 0.05) is 0 Å². The first-order valence-electron chi connectivity index (χ1n) is 4.96. The number of aliphatic imine (C=N–C) groups is 1. The summed E-state index contributed by atoms with van der Waals surface area (Å²) in [6.07, 6.45) is -2.88. The van der Waals surface area contributed by atoms with Crippen molar-refractivity contribution in [3.05, 3.63) is 0 Å². The topological polar surface area (TPSA) is 91.5 Å². The molecule has 0 radical (unpaired) electrons. The number of ether oxygens (including phenoxy) is 2. The zero-order chi connectivity index (χ0) is 12.1. The van der Waals surface area contributed by atoms with Gasteiger partial charge in [0.05, 0.1) is 26.4 Å². The summed E-state index contributed by atoms with van der Waals surface area (Å²) in [7, 11) is 1.52. The minimum absolute atomic E-state index is 0.291. The van der Waals surface area contributed by atoms with Crippen LogP contribution in [0.1, 0.15) is 6.92 Å². The van der Waals surface area contributed by atoms with E-state index in [-0.39, 0.29) is 12.0 Å². The van der Waals surface area contributed by atoms with Gasteiger partial charge in [-0.15, -0.1) is 0 Å². The first-order chi connectivity index (χ1) is 7.58. The van der Waals surface area contributed by atoms with Crippen LogP contribution in [0.2, 0.25) is 0 Å². The Balaban J connectivity index is 2.41. The summed E-state index contributed by atoms with van der Waals surface area (Å²) in [6.45, 7) is 1.50. The maximum Gasteiger partial charge on any atom is 0.248 e. The average molecular weight is 251 g/mol. The Morgan fingerprint density at radius 3 is 2.69 bits per heavy atom. The molecule has 0 aromatic rings. The number of thioether (sulfide) groups is 1. The van der Waals surface area contributed by atoms with Gasteiger partial charge in [-0.05, 0) is 18.7 Å². The summed E-state index contributed by atoms with van der Waals surface area (Å²) in [5, 5.41) is 28.3. The fourth-order valence-corrected chi connectivity index (χ4v) is 2.07. The molecule has 0 saturated carbocycles. The molecule has 1 aliphatic rings. The molecule has 7 heteroatoms. The van der Waals surface area contributed by atoms with Crippen LogP contribution in [0.15, 0.2) is 4.99 Å². The molecule has 3 N–H and O–H groups in total. The van der Waals surface area contributed by atoms with Crippen LogP contribution in [-0.4, -0.2) is 64.6 Å². The third-order valence-electron chi connectivity index (χ3n) is 2.16. The molecule has 0 bridgehead atoms. The fourth-order valence-electron chi connectivity index (χ4n) is 1.26. The average Bonchev–Trinajstić information content (AvgIpc) is 2.72. The number of aliphatic hydroxyl groups excluding tert-OH is 3. The smallest absolute Gasteiger partial charge is 0.248 e. The minimum atomic E-state index is -1.11. The lowest BCUT2D eigenvalue weighted by Crippen LogP contribution is -2.41. The second kappa shape index (κ2) is 6.41. The number of nitrogens with zero attached hydrogens (tertiary/aromatic N) is 1. The Morgan fingerprint density at radius 1 is 1.56 bits per heavy atom. The lowest BCUT2D eigenvalue weighted by atomic mass is 10.1. The van der Waals surface area contributed by atoms with E-state index in [4.69, 9.17) is 14.6 Å². The van der Waals surface area contributed by atoms with Gasteiger partial charge in [-0.1, -0.05) is 0 Å². The van der Waals surface area contributed by atoms with Gasteiger partial charge < -0.3 is 24.8 Å². The highest BCUT2D eigenvalue weighted by atomic mass is 32.2. The van der Waals surface area contributed by atoms with Crippen LogP contribution in [0.25, 0.3) is 0 Å². The summed E-state index contributed by atoms with van der Waals surface area (Å²) in [6, 6.07) is 0. The highest BCUT2D eigenvalue weighted by Crippen LogP contribution is 2.24. The Bertz CT molecular complexity index is 248. The maximum atomic E-state index is 9.56. The quantitative estimate of drug-likeness (QED) is 0.591.